The van der Waals surface area contributed by atoms with Crippen LogP contribution in [0.15, 0.2) is 24.3 Å². The van der Waals surface area contributed by atoms with Gasteiger partial charge in [-0.2, -0.15) is 0 Å². The molecule has 3 heterocycles. The number of para-hydroxylation sites is 2. The molecule has 21 heavy (non-hydrogen) atoms. The number of carbonyl (C=O) groups excluding carboxylic acids is 2. The number of aromatic nitrogens is 2. The number of aromatic amines is 1. The summed E-state index contributed by atoms with van der Waals surface area (Å²) in [5, 5.41) is 2.48. The van der Waals surface area contributed by atoms with Crippen molar-refractivity contribution in [2.24, 2.45) is 5.41 Å². The van der Waals surface area contributed by atoms with Crippen LogP contribution in [0.4, 0.5) is 5.95 Å². The topological polar surface area (TPSA) is 78.1 Å². The Morgan fingerprint density at radius 3 is 2.86 bits per heavy atom. The van der Waals surface area contributed by atoms with Crippen LogP contribution in [0.1, 0.15) is 19.3 Å². The van der Waals surface area contributed by atoms with Gasteiger partial charge in [-0.3, -0.25) is 14.9 Å². The van der Waals surface area contributed by atoms with Gasteiger partial charge < -0.3 is 9.88 Å². The zero-order chi connectivity index (χ0) is 14.4. The number of imidazole rings is 1. The lowest BCUT2D eigenvalue weighted by molar-refractivity contribution is -0.140. The van der Waals surface area contributed by atoms with Crippen molar-refractivity contribution in [1.82, 2.24) is 15.3 Å². The minimum absolute atomic E-state index is 0.127. The zero-order valence-corrected chi connectivity index (χ0v) is 11.6. The maximum atomic E-state index is 12.2. The zero-order valence-electron chi connectivity index (χ0n) is 11.6. The molecule has 2 N–H and O–H groups in total. The first-order valence-electron chi connectivity index (χ1n) is 7.20. The van der Waals surface area contributed by atoms with E-state index in [1.807, 2.05) is 24.3 Å². The van der Waals surface area contributed by atoms with Gasteiger partial charge in [0.1, 0.15) is 0 Å². The van der Waals surface area contributed by atoms with Gasteiger partial charge in [-0.1, -0.05) is 12.1 Å². The van der Waals surface area contributed by atoms with E-state index >= 15 is 0 Å². The first-order chi connectivity index (χ1) is 10.2. The SMILES string of the molecule is O=C1CCC2(CCN(c3nc4ccccc4[nH]3)C2)C(=O)N1. The Hall–Kier alpha value is -2.37. The number of amides is 2. The number of hydrogen-bond acceptors (Lipinski definition) is 4. The van der Waals surface area contributed by atoms with E-state index in [-0.39, 0.29) is 11.8 Å². The molecule has 6 heteroatoms. The van der Waals surface area contributed by atoms with Crippen LogP contribution in [0.5, 0.6) is 0 Å². The van der Waals surface area contributed by atoms with Crippen molar-refractivity contribution in [2.75, 3.05) is 18.0 Å². The fourth-order valence-corrected chi connectivity index (χ4v) is 3.32. The number of rotatable bonds is 1. The predicted octanol–water partition coefficient (Wildman–Crippen LogP) is 1.20. The Balaban J connectivity index is 1.61. The van der Waals surface area contributed by atoms with Gasteiger partial charge in [0.25, 0.3) is 0 Å². The first kappa shape index (κ1) is 12.4. The summed E-state index contributed by atoms with van der Waals surface area (Å²) in [5.41, 5.74) is 1.49. The number of benzene rings is 1. The molecular formula is C15H16N4O2. The fraction of sp³-hybridized carbons (Fsp3) is 0.400. The Kier molecular flexibility index (Phi) is 2.54. The molecule has 1 atom stereocenters. The van der Waals surface area contributed by atoms with E-state index in [9.17, 15) is 9.59 Å². The summed E-state index contributed by atoms with van der Waals surface area (Å²) in [4.78, 5) is 33.5. The molecule has 6 nitrogen and oxygen atoms in total. The number of piperidine rings is 1. The largest absolute Gasteiger partial charge is 0.341 e. The van der Waals surface area contributed by atoms with Crippen molar-refractivity contribution in [3.8, 4) is 0 Å². The van der Waals surface area contributed by atoms with Gasteiger partial charge in [-0.25, -0.2) is 4.98 Å². The maximum absolute atomic E-state index is 12.2. The number of nitrogens with one attached hydrogen (secondary N) is 2. The fourth-order valence-electron chi connectivity index (χ4n) is 3.32. The van der Waals surface area contributed by atoms with Crippen LogP contribution in [0, 0.1) is 5.41 Å². The highest BCUT2D eigenvalue weighted by atomic mass is 16.2. The van der Waals surface area contributed by atoms with E-state index in [0.717, 1.165) is 29.9 Å². The van der Waals surface area contributed by atoms with Crippen molar-refractivity contribution in [3.63, 3.8) is 0 Å². The molecule has 2 amide bonds. The van der Waals surface area contributed by atoms with Crippen molar-refractivity contribution in [1.29, 1.82) is 0 Å². The summed E-state index contributed by atoms with van der Waals surface area (Å²) in [6.45, 7) is 1.40. The average Bonchev–Trinajstić information content (AvgIpc) is 3.08. The van der Waals surface area contributed by atoms with Gasteiger partial charge in [0.05, 0.1) is 16.4 Å². The summed E-state index contributed by atoms with van der Waals surface area (Å²) in [6.07, 6.45) is 1.83. The highest BCUT2D eigenvalue weighted by Gasteiger charge is 2.48. The smallest absolute Gasteiger partial charge is 0.234 e. The summed E-state index contributed by atoms with van der Waals surface area (Å²) < 4.78 is 0. The molecule has 2 fully saturated rings. The molecule has 2 aliphatic rings. The van der Waals surface area contributed by atoms with Crippen LogP contribution in [-0.4, -0.2) is 34.9 Å². The van der Waals surface area contributed by atoms with Gasteiger partial charge in [-0.15, -0.1) is 0 Å². The Morgan fingerprint density at radius 1 is 1.19 bits per heavy atom. The monoisotopic (exact) mass is 284 g/mol. The minimum atomic E-state index is -0.438. The molecular weight excluding hydrogens is 268 g/mol. The van der Waals surface area contributed by atoms with Gasteiger partial charge in [0, 0.05) is 19.5 Å². The number of anilines is 1. The van der Waals surface area contributed by atoms with E-state index in [1.54, 1.807) is 0 Å². The van der Waals surface area contributed by atoms with E-state index in [4.69, 9.17) is 0 Å². The van der Waals surface area contributed by atoms with Gasteiger partial charge in [-0.05, 0) is 25.0 Å². The van der Waals surface area contributed by atoms with Crippen molar-refractivity contribution in [2.45, 2.75) is 19.3 Å². The highest BCUT2D eigenvalue weighted by Crippen LogP contribution is 2.39. The molecule has 1 unspecified atom stereocenters. The van der Waals surface area contributed by atoms with Gasteiger partial charge in [0.2, 0.25) is 17.8 Å². The molecule has 0 radical (unpaired) electrons. The van der Waals surface area contributed by atoms with Crippen LogP contribution < -0.4 is 10.2 Å². The van der Waals surface area contributed by atoms with Crippen molar-refractivity contribution < 1.29 is 9.59 Å². The van der Waals surface area contributed by atoms with Crippen LogP contribution in [0.3, 0.4) is 0 Å². The molecule has 0 saturated carbocycles. The Bertz CT molecular complexity index is 705. The lowest BCUT2D eigenvalue weighted by atomic mass is 9.79. The lowest BCUT2D eigenvalue weighted by Crippen LogP contribution is -2.50. The second kappa shape index (κ2) is 4.31. The first-order valence-corrected chi connectivity index (χ1v) is 7.20. The Labute approximate surface area is 121 Å². The number of carbonyl (C=O) groups is 2. The van der Waals surface area contributed by atoms with E-state index in [0.29, 0.717) is 19.4 Å². The molecule has 4 rings (SSSR count). The van der Waals surface area contributed by atoms with Crippen molar-refractivity contribution in [3.05, 3.63) is 24.3 Å². The minimum Gasteiger partial charge on any atom is -0.341 e. The summed E-state index contributed by atoms with van der Waals surface area (Å²) in [7, 11) is 0. The summed E-state index contributed by atoms with van der Waals surface area (Å²) >= 11 is 0. The van der Waals surface area contributed by atoms with Gasteiger partial charge in [0.15, 0.2) is 0 Å². The molecule has 1 aromatic carbocycles. The number of fused-ring (bicyclic) bond motifs is 1. The normalized spacial score (nSPS) is 25.8. The third-order valence-electron chi connectivity index (χ3n) is 4.60. The van der Waals surface area contributed by atoms with Crippen molar-refractivity contribution >= 4 is 28.8 Å². The summed E-state index contributed by atoms with van der Waals surface area (Å²) in [6, 6.07) is 7.88. The maximum Gasteiger partial charge on any atom is 0.234 e. The second-order valence-electron chi connectivity index (χ2n) is 5.91. The molecule has 2 saturated heterocycles. The highest BCUT2D eigenvalue weighted by molar-refractivity contribution is 6.01. The number of hydrogen-bond donors (Lipinski definition) is 2. The Morgan fingerprint density at radius 2 is 2.05 bits per heavy atom. The van der Waals surface area contributed by atoms with Crippen LogP contribution in [0.25, 0.3) is 11.0 Å². The summed E-state index contributed by atoms with van der Waals surface area (Å²) in [5.74, 6) is 0.517. The second-order valence-corrected chi connectivity index (χ2v) is 5.91. The van der Waals surface area contributed by atoms with Gasteiger partial charge >= 0.3 is 0 Å². The van der Waals surface area contributed by atoms with Crippen LogP contribution in [0.2, 0.25) is 0 Å². The van der Waals surface area contributed by atoms with Crippen LogP contribution in [-0.2, 0) is 9.59 Å². The number of imide groups is 1. The molecule has 2 aliphatic heterocycles. The molecule has 1 aromatic heterocycles. The van der Waals surface area contributed by atoms with E-state index in [1.165, 1.54) is 0 Å². The average molecular weight is 284 g/mol. The van der Waals surface area contributed by atoms with E-state index in [2.05, 4.69) is 20.2 Å². The quantitative estimate of drug-likeness (QED) is 0.771. The molecule has 108 valence electrons. The number of H-pyrrole nitrogens is 1. The third-order valence-corrected chi connectivity index (χ3v) is 4.60. The predicted molar refractivity (Wildman–Crippen MR) is 77.7 cm³/mol. The lowest BCUT2D eigenvalue weighted by Gasteiger charge is -2.31. The van der Waals surface area contributed by atoms with Crippen LogP contribution >= 0.6 is 0 Å². The molecule has 1 spiro atoms. The third kappa shape index (κ3) is 1.90. The standard InChI is InChI=1S/C15H16N4O2/c20-12-5-6-15(13(21)18-12)7-8-19(9-15)14-16-10-3-1-2-4-11(10)17-14/h1-4H,5-9H2,(H,16,17)(H,18,20,21). The molecule has 2 aromatic rings. The number of nitrogens with zero attached hydrogens (tertiary/aromatic N) is 2. The van der Waals surface area contributed by atoms with E-state index < -0.39 is 5.41 Å². The molecule has 0 aliphatic carbocycles. The molecule has 0 bridgehead atoms.